The Morgan fingerprint density at radius 3 is 2.36 bits per heavy atom. The number of methoxy groups -OCH3 is 1. The van der Waals surface area contributed by atoms with Crippen LogP contribution in [0, 0.1) is 6.92 Å². The van der Waals surface area contributed by atoms with Gasteiger partial charge >= 0.3 is 6.18 Å². The molecule has 2 heterocycles. The molecule has 0 aliphatic carbocycles. The summed E-state index contributed by atoms with van der Waals surface area (Å²) in [6, 6.07) is 11.4. The molecule has 176 valence electrons. The molecule has 0 amide bonds. The van der Waals surface area contributed by atoms with Crippen LogP contribution in [0.15, 0.2) is 57.9 Å². The molecule has 3 aromatic rings. The number of sulfonamides is 1. The summed E-state index contributed by atoms with van der Waals surface area (Å²) in [5.74, 6) is 0.622. The summed E-state index contributed by atoms with van der Waals surface area (Å²) in [5.41, 5.74) is 0.870. The molecule has 11 heteroatoms. The Morgan fingerprint density at radius 1 is 1.03 bits per heavy atom. The summed E-state index contributed by atoms with van der Waals surface area (Å²) in [7, 11) is -2.54. The van der Waals surface area contributed by atoms with E-state index in [4.69, 9.17) is 9.26 Å². The third-order valence-electron chi connectivity index (χ3n) is 5.47. The lowest BCUT2D eigenvalue weighted by Crippen LogP contribution is -2.48. The Balaban J connectivity index is 1.56. The van der Waals surface area contributed by atoms with Crippen LogP contribution in [0.2, 0.25) is 0 Å². The summed E-state index contributed by atoms with van der Waals surface area (Å²) in [6.07, 6.45) is -4.44. The fraction of sp³-hybridized carbons (Fsp3) is 0.318. The minimum atomic E-state index is -4.44. The van der Waals surface area contributed by atoms with E-state index >= 15 is 0 Å². The first-order chi connectivity index (χ1) is 15.6. The molecule has 1 saturated heterocycles. The van der Waals surface area contributed by atoms with E-state index < -0.39 is 21.8 Å². The minimum absolute atomic E-state index is 0.0101. The van der Waals surface area contributed by atoms with Gasteiger partial charge in [-0.15, -0.1) is 0 Å². The Bertz CT molecular complexity index is 1250. The second-order valence-corrected chi connectivity index (χ2v) is 9.54. The molecule has 4 rings (SSSR count). The smallest absolute Gasteiger partial charge is 0.416 e. The number of hydrogen-bond acceptors (Lipinski definition) is 6. The fourth-order valence-electron chi connectivity index (χ4n) is 3.74. The van der Waals surface area contributed by atoms with Gasteiger partial charge in [0.1, 0.15) is 10.6 Å². The summed E-state index contributed by atoms with van der Waals surface area (Å²) in [6.45, 7) is 2.51. The van der Waals surface area contributed by atoms with Gasteiger partial charge in [-0.25, -0.2) is 8.42 Å². The monoisotopic (exact) mass is 481 g/mol. The first kappa shape index (κ1) is 23.1. The molecule has 0 atom stereocenters. The van der Waals surface area contributed by atoms with Crippen molar-refractivity contribution in [1.82, 2.24) is 9.46 Å². The molecule has 0 N–H and O–H groups in total. The van der Waals surface area contributed by atoms with Gasteiger partial charge in [-0.05, 0) is 43.3 Å². The van der Waals surface area contributed by atoms with Crippen molar-refractivity contribution in [3.8, 4) is 17.1 Å². The SMILES string of the molecule is COc1ccc(-c2cc(C)no2)cc1S(=O)(=O)N1CCN(c2cccc(C(F)(F)F)c2)CC1. The third-order valence-corrected chi connectivity index (χ3v) is 7.39. The van der Waals surface area contributed by atoms with E-state index in [1.807, 2.05) is 0 Å². The van der Waals surface area contributed by atoms with Gasteiger partial charge in [0.15, 0.2) is 5.76 Å². The maximum Gasteiger partial charge on any atom is 0.416 e. The molecule has 1 aromatic heterocycles. The highest BCUT2D eigenvalue weighted by Gasteiger charge is 2.33. The molecular weight excluding hydrogens is 459 g/mol. The van der Waals surface area contributed by atoms with Gasteiger partial charge in [0.2, 0.25) is 10.0 Å². The molecule has 0 saturated carbocycles. The molecule has 1 aliphatic heterocycles. The second-order valence-electron chi connectivity index (χ2n) is 7.64. The maximum atomic E-state index is 13.4. The van der Waals surface area contributed by atoms with Crippen LogP contribution in [-0.2, 0) is 16.2 Å². The molecule has 0 bridgehead atoms. The van der Waals surface area contributed by atoms with Gasteiger partial charge in [-0.2, -0.15) is 17.5 Å². The van der Waals surface area contributed by atoms with Gasteiger partial charge in [-0.3, -0.25) is 0 Å². The number of aromatic nitrogens is 1. The fourth-order valence-corrected chi connectivity index (χ4v) is 5.34. The van der Waals surface area contributed by atoms with Crippen molar-refractivity contribution in [3.63, 3.8) is 0 Å². The largest absolute Gasteiger partial charge is 0.495 e. The van der Waals surface area contributed by atoms with E-state index in [1.165, 1.54) is 23.5 Å². The van der Waals surface area contributed by atoms with Crippen LogP contribution in [0.3, 0.4) is 0 Å². The van der Waals surface area contributed by atoms with Crippen molar-refractivity contribution in [2.24, 2.45) is 0 Å². The van der Waals surface area contributed by atoms with Gasteiger partial charge < -0.3 is 14.2 Å². The summed E-state index contributed by atoms with van der Waals surface area (Å²) in [5, 5.41) is 3.83. The van der Waals surface area contributed by atoms with Crippen LogP contribution in [-0.4, -0.2) is 51.2 Å². The Kier molecular flexibility index (Phi) is 6.10. The number of halogens is 3. The summed E-state index contributed by atoms with van der Waals surface area (Å²) < 4.78 is 77.8. The molecule has 33 heavy (non-hydrogen) atoms. The van der Waals surface area contributed by atoms with Crippen LogP contribution in [0.5, 0.6) is 5.75 Å². The topological polar surface area (TPSA) is 75.9 Å². The highest BCUT2D eigenvalue weighted by atomic mass is 32.2. The van der Waals surface area contributed by atoms with E-state index in [9.17, 15) is 21.6 Å². The van der Waals surface area contributed by atoms with Crippen molar-refractivity contribution in [2.75, 3.05) is 38.2 Å². The van der Waals surface area contributed by atoms with Gasteiger partial charge in [0.25, 0.3) is 0 Å². The first-order valence-corrected chi connectivity index (χ1v) is 11.6. The zero-order valence-electron chi connectivity index (χ0n) is 18.0. The van der Waals surface area contributed by atoms with Gasteiger partial charge in [-0.1, -0.05) is 11.2 Å². The highest BCUT2D eigenvalue weighted by molar-refractivity contribution is 7.89. The van der Waals surface area contributed by atoms with Crippen molar-refractivity contribution >= 4 is 15.7 Å². The standard InChI is InChI=1S/C22H22F3N3O4S/c1-15-12-20(32-26-15)16-6-7-19(31-2)21(13-16)33(29,30)28-10-8-27(9-11-28)18-5-3-4-17(14-18)22(23,24)25/h3-7,12-14H,8-11H2,1-2H3. The van der Waals surface area contributed by atoms with E-state index in [-0.39, 0.29) is 36.8 Å². The van der Waals surface area contributed by atoms with Crippen LogP contribution >= 0.6 is 0 Å². The Morgan fingerprint density at radius 2 is 1.76 bits per heavy atom. The third kappa shape index (κ3) is 4.69. The predicted molar refractivity (Wildman–Crippen MR) is 116 cm³/mol. The second kappa shape index (κ2) is 8.71. The van der Waals surface area contributed by atoms with Crippen molar-refractivity contribution in [3.05, 3.63) is 59.8 Å². The van der Waals surface area contributed by atoms with E-state index in [0.717, 1.165) is 12.1 Å². The average Bonchev–Trinajstić information content (AvgIpc) is 3.24. The molecular formula is C22H22F3N3O4S. The zero-order valence-corrected chi connectivity index (χ0v) is 18.8. The molecule has 0 radical (unpaired) electrons. The minimum Gasteiger partial charge on any atom is -0.495 e. The molecule has 7 nitrogen and oxygen atoms in total. The number of rotatable bonds is 5. The average molecular weight is 481 g/mol. The lowest BCUT2D eigenvalue weighted by atomic mass is 10.1. The highest BCUT2D eigenvalue weighted by Crippen LogP contribution is 2.34. The van der Waals surface area contributed by atoms with Crippen LogP contribution in [0.25, 0.3) is 11.3 Å². The first-order valence-electron chi connectivity index (χ1n) is 10.1. The summed E-state index contributed by atoms with van der Waals surface area (Å²) in [4.78, 5) is 1.73. The number of benzene rings is 2. The predicted octanol–water partition coefficient (Wildman–Crippen LogP) is 4.19. The van der Waals surface area contributed by atoms with Crippen molar-refractivity contribution in [1.29, 1.82) is 0 Å². The summed E-state index contributed by atoms with van der Waals surface area (Å²) >= 11 is 0. The van der Waals surface area contributed by atoms with Crippen LogP contribution in [0.1, 0.15) is 11.3 Å². The Hall–Kier alpha value is -3.05. The molecule has 1 fully saturated rings. The number of alkyl halides is 3. The Labute approximate surface area is 189 Å². The normalized spacial score (nSPS) is 15.6. The number of ether oxygens (including phenoxy) is 1. The molecule has 2 aromatic carbocycles. The van der Waals surface area contributed by atoms with E-state index in [1.54, 1.807) is 36.1 Å². The number of aryl methyl sites for hydroxylation is 1. The lowest BCUT2D eigenvalue weighted by molar-refractivity contribution is -0.137. The zero-order chi connectivity index (χ0) is 23.8. The molecule has 0 unspecified atom stereocenters. The molecule has 1 aliphatic rings. The van der Waals surface area contributed by atoms with Crippen LogP contribution in [0.4, 0.5) is 18.9 Å². The van der Waals surface area contributed by atoms with E-state index in [0.29, 0.717) is 22.7 Å². The maximum absolute atomic E-state index is 13.4. The quantitative estimate of drug-likeness (QED) is 0.544. The van der Waals surface area contributed by atoms with Crippen molar-refractivity contribution < 1.29 is 30.8 Å². The van der Waals surface area contributed by atoms with Crippen LogP contribution < -0.4 is 9.64 Å². The lowest BCUT2D eigenvalue weighted by Gasteiger charge is -2.35. The van der Waals surface area contributed by atoms with Gasteiger partial charge in [0.05, 0.1) is 18.4 Å². The number of piperazine rings is 1. The van der Waals surface area contributed by atoms with E-state index in [2.05, 4.69) is 5.16 Å². The van der Waals surface area contributed by atoms with Gasteiger partial charge in [0, 0.05) is 43.5 Å². The number of hydrogen-bond donors (Lipinski definition) is 0. The van der Waals surface area contributed by atoms with Crippen molar-refractivity contribution in [2.45, 2.75) is 18.0 Å². The molecule has 0 spiro atoms. The number of anilines is 1. The number of nitrogens with zero attached hydrogens (tertiary/aromatic N) is 3.